The van der Waals surface area contributed by atoms with Gasteiger partial charge in [0.15, 0.2) is 0 Å². The molecule has 138 valence electrons. The average Bonchev–Trinajstić information content (AvgIpc) is 2.62. The molecule has 0 aliphatic carbocycles. The first kappa shape index (κ1) is 19.4. The molecule has 0 unspecified atom stereocenters. The van der Waals surface area contributed by atoms with Gasteiger partial charge >= 0.3 is 6.03 Å². The zero-order valence-corrected chi connectivity index (χ0v) is 15.2. The van der Waals surface area contributed by atoms with E-state index in [9.17, 15) is 4.79 Å². The van der Waals surface area contributed by atoms with E-state index < -0.39 is 0 Å². The molecule has 0 atom stereocenters. The van der Waals surface area contributed by atoms with Crippen molar-refractivity contribution in [3.05, 3.63) is 42.5 Å². The van der Waals surface area contributed by atoms with Gasteiger partial charge in [-0.2, -0.15) is 0 Å². The molecule has 1 aromatic rings. The molecular weight excluding hydrogens is 316 g/mol. The van der Waals surface area contributed by atoms with Crippen LogP contribution in [0.1, 0.15) is 5.56 Å². The quantitative estimate of drug-likeness (QED) is 0.700. The van der Waals surface area contributed by atoms with Crippen molar-refractivity contribution in [1.82, 2.24) is 14.7 Å². The van der Waals surface area contributed by atoms with Gasteiger partial charge in [0.05, 0.1) is 6.61 Å². The van der Waals surface area contributed by atoms with Crippen LogP contribution >= 0.6 is 0 Å². The van der Waals surface area contributed by atoms with Crippen LogP contribution in [0.2, 0.25) is 0 Å². The Balaban J connectivity index is 1.80. The minimum atomic E-state index is -0.223. The lowest BCUT2D eigenvalue weighted by Crippen LogP contribution is -2.45. The van der Waals surface area contributed by atoms with Crippen LogP contribution in [-0.4, -0.2) is 85.3 Å². The van der Waals surface area contributed by atoms with Gasteiger partial charge in [-0.3, -0.25) is 0 Å². The lowest BCUT2D eigenvalue weighted by molar-refractivity contribution is 0.155. The maximum absolute atomic E-state index is 12.2. The Morgan fingerprint density at radius 1 is 1.28 bits per heavy atom. The molecule has 0 aromatic heterocycles. The molecule has 1 aliphatic rings. The van der Waals surface area contributed by atoms with E-state index in [4.69, 9.17) is 5.11 Å². The van der Waals surface area contributed by atoms with Gasteiger partial charge in [0.2, 0.25) is 0 Å². The summed E-state index contributed by atoms with van der Waals surface area (Å²) in [5.74, 6) is 0. The fraction of sp³-hybridized carbons (Fsp3) is 0.526. The maximum Gasteiger partial charge on any atom is 0.322 e. The second-order valence-electron chi connectivity index (χ2n) is 6.48. The number of anilines is 1. The van der Waals surface area contributed by atoms with Gasteiger partial charge < -0.3 is 25.1 Å². The third-order valence-corrected chi connectivity index (χ3v) is 4.52. The normalized spacial score (nSPS) is 15.8. The molecular formula is C19H30N4O2. The number of hydrogen-bond acceptors (Lipinski definition) is 4. The monoisotopic (exact) mass is 346 g/mol. The SMILES string of the molecule is C=CCN(CCO)C(=O)Nc1ccc(CCN2CCN(C)CC2)cc1. The fourth-order valence-corrected chi connectivity index (χ4v) is 2.87. The Morgan fingerprint density at radius 3 is 2.56 bits per heavy atom. The Hall–Kier alpha value is -1.89. The third-order valence-electron chi connectivity index (χ3n) is 4.52. The van der Waals surface area contributed by atoms with Crippen LogP contribution in [0.4, 0.5) is 10.5 Å². The molecule has 1 aliphatic heterocycles. The van der Waals surface area contributed by atoms with Crippen molar-refractivity contribution in [1.29, 1.82) is 0 Å². The van der Waals surface area contributed by atoms with E-state index in [2.05, 4.69) is 40.9 Å². The minimum absolute atomic E-state index is 0.0630. The maximum atomic E-state index is 12.2. The van der Waals surface area contributed by atoms with Crippen molar-refractivity contribution in [3.8, 4) is 0 Å². The molecule has 0 bridgehead atoms. The van der Waals surface area contributed by atoms with Crippen LogP contribution in [0.25, 0.3) is 0 Å². The summed E-state index contributed by atoms with van der Waals surface area (Å²) in [6.45, 7) is 9.90. The van der Waals surface area contributed by atoms with Crippen LogP contribution in [0, 0.1) is 0 Å². The second kappa shape index (κ2) is 10.2. The Bertz CT molecular complexity index is 539. The van der Waals surface area contributed by atoms with Crippen molar-refractivity contribution in [2.45, 2.75) is 6.42 Å². The van der Waals surface area contributed by atoms with E-state index in [0.717, 1.165) is 44.8 Å². The molecule has 0 saturated carbocycles. The molecule has 6 nitrogen and oxygen atoms in total. The summed E-state index contributed by atoms with van der Waals surface area (Å²) in [4.78, 5) is 18.6. The number of aliphatic hydroxyl groups excluding tert-OH is 1. The van der Waals surface area contributed by atoms with Crippen molar-refractivity contribution in [2.24, 2.45) is 0 Å². The van der Waals surface area contributed by atoms with Crippen molar-refractivity contribution in [3.63, 3.8) is 0 Å². The fourth-order valence-electron chi connectivity index (χ4n) is 2.87. The van der Waals surface area contributed by atoms with Crippen LogP contribution in [0.3, 0.4) is 0 Å². The Morgan fingerprint density at radius 2 is 1.96 bits per heavy atom. The molecule has 1 fully saturated rings. The third kappa shape index (κ3) is 6.49. The van der Waals surface area contributed by atoms with Crippen LogP contribution in [-0.2, 0) is 6.42 Å². The van der Waals surface area contributed by atoms with E-state index in [1.54, 1.807) is 6.08 Å². The zero-order chi connectivity index (χ0) is 18.1. The largest absolute Gasteiger partial charge is 0.395 e. The van der Waals surface area contributed by atoms with Gasteiger partial charge in [0.25, 0.3) is 0 Å². The number of amides is 2. The number of benzene rings is 1. The molecule has 6 heteroatoms. The highest BCUT2D eigenvalue weighted by Crippen LogP contribution is 2.12. The number of carbonyl (C=O) groups is 1. The summed E-state index contributed by atoms with van der Waals surface area (Å²) in [7, 11) is 2.17. The molecule has 1 aromatic carbocycles. The second-order valence-corrected chi connectivity index (χ2v) is 6.48. The van der Waals surface area contributed by atoms with Gasteiger partial charge in [-0.1, -0.05) is 18.2 Å². The van der Waals surface area contributed by atoms with Gasteiger partial charge in [-0.25, -0.2) is 4.79 Å². The van der Waals surface area contributed by atoms with Crippen molar-refractivity contribution < 1.29 is 9.90 Å². The number of nitrogens with zero attached hydrogens (tertiary/aromatic N) is 3. The predicted octanol–water partition coefficient (Wildman–Crippen LogP) is 1.49. The number of rotatable bonds is 8. The highest BCUT2D eigenvalue weighted by molar-refractivity contribution is 5.89. The first-order valence-corrected chi connectivity index (χ1v) is 8.90. The van der Waals surface area contributed by atoms with E-state index in [1.807, 2.05) is 12.1 Å². The van der Waals surface area contributed by atoms with Gasteiger partial charge in [-0.15, -0.1) is 6.58 Å². The highest BCUT2D eigenvalue weighted by Gasteiger charge is 2.14. The molecule has 1 heterocycles. The molecule has 2 amide bonds. The average molecular weight is 346 g/mol. The number of hydrogen-bond donors (Lipinski definition) is 2. The molecule has 1 saturated heterocycles. The molecule has 2 N–H and O–H groups in total. The van der Waals surface area contributed by atoms with E-state index >= 15 is 0 Å². The van der Waals surface area contributed by atoms with E-state index in [1.165, 1.54) is 10.5 Å². The van der Waals surface area contributed by atoms with E-state index in [0.29, 0.717) is 13.1 Å². The summed E-state index contributed by atoms with van der Waals surface area (Å²) in [5.41, 5.74) is 2.04. The summed E-state index contributed by atoms with van der Waals surface area (Å²) in [6.07, 6.45) is 2.67. The summed E-state index contributed by atoms with van der Waals surface area (Å²) in [6, 6.07) is 7.77. The lowest BCUT2D eigenvalue weighted by Gasteiger charge is -2.32. The Labute approximate surface area is 150 Å². The van der Waals surface area contributed by atoms with Crippen molar-refractivity contribution in [2.75, 3.05) is 64.8 Å². The number of urea groups is 1. The number of carbonyl (C=O) groups excluding carboxylic acids is 1. The lowest BCUT2D eigenvalue weighted by atomic mass is 10.1. The summed E-state index contributed by atoms with van der Waals surface area (Å²) < 4.78 is 0. The predicted molar refractivity (Wildman–Crippen MR) is 102 cm³/mol. The van der Waals surface area contributed by atoms with Crippen LogP contribution in [0.15, 0.2) is 36.9 Å². The molecule has 2 rings (SSSR count). The van der Waals surface area contributed by atoms with Gasteiger partial charge in [0, 0.05) is 51.5 Å². The van der Waals surface area contributed by atoms with Crippen LogP contribution < -0.4 is 5.32 Å². The molecule has 0 spiro atoms. The first-order valence-electron chi connectivity index (χ1n) is 8.90. The van der Waals surface area contributed by atoms with Gasteiger partial charge in [0.1, 0.15) is 0 Å². The Kier molecular flexibility index (Phi) is 7.91. The number of aliphatic hydroxyl groups is 1. The highest BCUT2D eigenvalue weighted by atomic mass is 16.3. The zero-order valence-electron chi connectivity index (χ0n) is 15.2. The molecule has 25 heavy (non-hydrogen) atoms. The van der Waals surface area contributed by atoms with Crippen molar-refractivity contribution >= 4 is 11.7 Å². The standard InChI is InChI=1S/C19H30N4O2/c1-3-9-23(15-16-24)19(25)20-18-6-4-17(5-7-18)8-10-22-13-11-21(2)12-14-22/h3-7,24H,1,8-16H2,2H3,(H,20,25). The number of nitrogens with one attached hydrogen (secondary N) is 1. The number of likely N-dealkylation sites (N-methyl/N-ethyl adjacent to an activating group) is 1. The molecule has 0 radical (unpaired) electrons. The first-order chi connectivity index (χ1) is 12.1. The summed E-state index contributed by atoms with van der Waals surface area (Å²) >= 11 is 0. The smallest absolute Gasteiger partial charge is 0.322 e. The summed E-state index contributed by atoms with van der Waals surface area (Å²) in [5, 5.41) is 11.9. The minimum Gasteiger partial charge on any atom is -0.395 e. The van der Waals surface area contributed by atoms with E-state index in [-0.39, 0.29) is 12.6 Å². The van der Waals surface area contributed by atoms with Crippen LogP contribution in [0.5, 0.6) is 0 Å². The topological polar surface area (TPSA) is 59.1 Å². The van der Waals surface area contributed by atoms with Gasteiger partial charge in [-0.05, 0) is 31.2 Å². The number of piperazine rings is 1.